The molecule has 0 aliphatic carbocycles. The van der Waals surface area contributed by atoms with E-state index in [1.807, 2.05) is 6.92 Å². The molecule has 1 heterocycles. The van der Waals surface area contributed by atoms with E-state index < -0.39 is 11.5 Å². The summed E-state index contributed by atoms with van der Waals surface area (Å²) in [7, 11) is 0. The van der Waals surface area contributed by atoms with E-state index in [2.05, 4.69) is 10.6 Å². The molecule has 1 aliphatic heterocycles. The standard InChI is InChI=1S/C11H22N2O2/c1-3-6-11(2,10(14)15)13-9-4-7-12-8-5-9/h9,12-13H,3-8H2,1-2H3,(H,14,15). The van der Waals surface area contributed by atoms with Gasteiger partial charge in [-0.3, -0.25) is 10.1 Å². The summed E-state index contributed by atoms with van der Waals surface area (Å²) in [6.45, 7) is 5.78. The van der Waals surface area contributed by atoms with Crippen molar-refractivity contribution in [2.24, 2.45) is 0 Å². The van der Waals surface area contributed by atoms with Gasteiger partial charge in [0.15, 0.2) is 0 Å². The molecule has 0 aromatic heterocycles. The highest BCUT2D eigenvalue weighted by Gasteiger charge is 2.34. The molecule has 0 spiro atoms. The Morgan fingerprint density at radius 2 is 2.13 bits per heavy atom. The smallest absolute Gasteiger partial charge is 0.323 e. The van der Waals surface area contributed by atoms with Gasteiger partial charge in [-0.1, -0.05) is 13.3 Å². The van der Waals surface area contributed by atoms with Crippen molar-refractivity contribution in [2.45, 2.75) is 51.1 Å². The molecule has 0 saturated carbocycles. The van der Waals surface area contributed by atoms with E-state index in [1.165, 1.54) is 0 Å². The molecule has 1 atom stereocenters. The Balaban J connectivity index is 2.52. The second-order valence-electron chi connectivity index (χ2n) is 4.56. The zero-order valence-electron chi connectivity index (χ0n) is 9.68. The van der Waals surface area contributed by atoms with Gasteiger partial charge in [-0.15, -0.1) is 0 Å². The van der Waals surface area contributed by atoms with Gasteiger partial charge in [0.2, 0.25) is 0 Å². The van der Waals surface area contributed by atoms with Gasteiger partial charge in [0, 0.05) is 6.04 Å². The van der Waals surface area contributed by atoms with Crippen LogP contribution >= 0.6 is 0 Å². The molecule has 1 unspecified atom stereocenters. The van der Waals surface area contributed by atoms with Crippen LogP contribution < -0.4 is 10.6 Å². The lowest BCUT2D eigenvalue weighted by atomic mass is 9.93. The predicted molar refractivity (Wildman–Crippen MR) is 60.0 cm³/mol. The first-order valence-corrected chi connectivity index (χ1v) is 5.80. The third-order valence-corrected chi connectivity index (χ3v) is 3.08. The van der Waals surface area contributed by atoms with Crippen LogP contribution in [-0.4, -0.2) is 35.7 Å². The van der Waals surface area contributed by atoms with Gasteiger partial charge < -0.3 is 10.4 Å². The Morgan fingerprint density at radius 1 is 1.53 bits per heavy atom. The lowest BCUT2D eigenvalue weighted by Crippen LogP contribution is -2.55. The maximum Gasteiger partial charge on any atom is 0.323 e. The van der Waals surface area contributed by atoms with Crippen LogP contribution in [0.25, 0.3) is 0 Å². The number of carbonyl (C=O) groups is 1. The quantitative estimate of drug-likeness (QED) is 0.638. The number of aliphatic carboxylic acids is 1. The molecule has 0 aromatic carbocycles. The van der Waals surface area contributed by atoms with Crippen LogP contribution in [0.2, 0.25) is 0 Å². The van der Waals surface area contributed by atoms with E-state index in [0.29, 0.717) is 12.5 Å². The van der Waals surface area contributed by atoms with Crippen LogP contribution in [0.1, 0.15) is 39.5 Å². The van der Waals surface area contributed by atoms with Gasteiger partial charge in [-0.25, -0.2) is 0 Å². The van der Waals surface area contributed by atoms with E-state index in [4.69, 9.17) is 0 Å². The molecule has 0 radical (unpaired) electrons. The average molecular weight is 214 g/mol. The van der Waals surface area contributed by atoms with E-state index in [0.717, 1.165) is 32.4 Å². The van der Waals surface area contributed by atoms with Crippen molar-refractivity contribution in [3.05, 3.63) is 0 Å². The maximum absolute atomic E-state index is 11.2. The van der Waals surface area contributed by atoms with Crippen molar-refractivity contribution >= 4 is 5.97 Å². The monoisotopic (exact) mass is 214 g/mol. The van der Waals surface area contributed by atoms with Crippen LogP contribution in [-0.2, 0) is 4.79 Å². The lowest BCUT2D eigenvalue weighted by Gasteiger charge is -2.33. The highest BCUT2D eigenvalue weighted by Crippen LogP contribution is 2.16. The van der Waals surface area contributed by atoms with Crippen molar-refractivity contribution in [2.75, 3.05) is 13.1 Å². The molecule has 1 aliphatic rings. The number of hydrogen-bond acceptors (Lipinski definition) is 3. The number of piperidine rings is 1. The molecule has 88 valence electrons. The van der Waals surface area contributed by atoms with E-state index in [9.17, 15) is 9.90 Å². The topological polar surface area (TPSA) is 61.4 Å². The lowest BCUT2D eigenvalue weighted by molar-refractivity contribution is -0.145. The molecule has 0 amide bonds. The number of carboxylic acid groups (broad SMARTS) is 1. The van der Waals surface area contributed by atoms with Gasteiger partial charge >= 0.3 is 5.97 Å². The number of nitrogens with one attached hydrogen (secondary N) is 2. The zero-order valence-corrected chi connectivity index (χ0v) is 9.68. The van der Waals surface area contributed by atoms with Crippen molar-refractivity contribution in [1.29, 1.82) is 0 Å². The van der Waals surface area contributed by atoms with Gasteiger partial charge in [0.1, 0.15) is 5.54 Å². The first-order valence-electron chi connectivity index (χ1n) is 5.80. The third kappa shape index (κ3) is 3.47. The molecule has 1 fully saturated rings. The fourth-order valence-electron chi connectivity index (χ4n) is 2.16. The summed E-state index contributed by atoms with van der Waals surface area (Å²) in [6.07, 6.45) is 3.62. The number of rotatable bonds is 5. The van der Waals surface area contributed by atoms with Gasteiger partial charge in [0.25, 0.3) is 0 Å². The summed E-state index contributed by atoms with van der Waals surface area (Å²) in [5.74, 6) is -0.733. The Hall–Kier alpha value is -0.610. The fourth-order valence-corrected chi connectivity index (χ4v) is 2.16. The van der Waals surface area contributed by atoms with Crippen molar-refractivity contribution in [3.8, 4) is 0 Å². The minimum Gasteiger partial charge on any atom is -0.480 e. The van der Waals surface area contributed by atoms with Crippen LogP contribution in [0.3, 0.4) is 0 Å². The number of hydrogen-bond donors (Lipinski definition) is 3. The molecule has 4 heteroatoms. The normalized spacial score (nSPS) is 22.3. The van der Waals surface area contributed by atoms with E-state index in [-0.39, 0.29) is 0 Å². The molecule has 3 N–H and O–H groups in total. The maximum atomic E-state index is 11.2. The second-order valence-corrected chi connectivity index (χ2v) is 4.56. The summed E-state index contributed by atoms with van der Waals surface area (Å²) in [4.78, 5) is 11.2. The zero-order chi connectivity index (χ0) is 11.3. The van der Waals surface area contributed by atoms with Gasteiger partial charge in [-0.05, 0) is 39.3 Å². The van der Waals surface area contributed by atoms with Crippen LogP contribution in [0.4, 0.5) is 0 Å². The average Bonchev–Trinajstić information content (AvgIpc) is 2.19. The first-order chi connectivity index (χ1) is 7.08. The highest BCUT2D eigenvalue weighted by atomic mass is 16.4. The van der Waals surface area contributed by atoms with Crippen LogP contribution in [0.15, 0.2) is 0 Å². The first kappa shape index (κ1) is 12.5. The SMILES string of the molecule is CCCC(C)(NC1CCNCC1)C(=O)O. The second kappa shape index (κ2) is 5.47. The molecule has 0 aromatic rings. The largest absolute Gasteiger partial charge is 0.480 e. The molecule has 15 heavy (non-hydrogen) atoms. The fraction of sp³-hybridized carbons (Fsp3) is 0.909. The molecule has 1 saturated heterocycles. The molecule has 4 nitrogen and oxygen atoms in total. The van der Waals surface area contributed by atoms with Gasteiger partial charge in [-0.2, -0.15) is 0 Å². The summed E-state index contributed by atoms with van der Waals surface area (Å²) in [5.41, 5.74) is -0.753. The summed E-state index contributed by atoms with van der Waals surface area (Å²) in [6, 6.07) is 0.346. The highest BCUT2D eigenvalue weighted by molar-refractivity contribution is 5.78. The molecule has 0 bridgehead atoms. The Morgan fingerprint density at radius 3 is 2.60 bits per heavy atom. The predicted octanol–water partition coefficient (Wildman–Crippen LogP) is 0.971. The Bertz CT molecular complexity index is 215. The van der Waals surface area contributed by atoms with Crippen molar-refractivity contribution in [1.82, 2.24) is 10.6 Å². The minimum absolute atomic E-state index is 0.346. The van der Waals surface area contributed by atoms with Crippen LogP contribution in [0, 0.1) is 0 Å². The Labute approximate surface area is 91.4 Å². The molecular formula is C11H22N2O2. The summed E-state index contributed by atoms with van der Waals surface area (Å²) < 4.78 is 0. The van der Waals surface area contributed by atoms with Crippen molar-refractivity contribution < 1.29 is 9.90 Å². The van der Waals surface area contributed by atoms with E-state index >= 15 is 0 Å². The van der Waals surface area contributed by atoms with Gasteiger partial charge in [0.05, 0.1) is 0 Å². The molecule has 1 rings (SSSR count). The summed E-state index contributed by atoms with van der Waals surface area (Å²) >= 11 is 0. The van der Waals surface area contributed by atoms with E-state index in [1.54, 1.807) is 6.92 Å². The Kier molecular flexibility index (Phi) is 4.54. The van der Waals surface area contributed by atoms with Crippen molar-refractivity contribution in [3.63, 3.8) is 0 Å². The third-order valence-electron chi connectivity index (χ3n) is 3.08. The summed E-state index contributed by atoms with van der Waals surface area (Å²) in [5, 5.41) is 15.8. The van der Waals surface area contributed by atoms with Crippen LogP contribution in [0.5, 0.6) is 0 Å². The molecular weight excluding hydrogens is 192 g/mol. The number of carboxylic acids is 1. The minimum atomic E-state index is -0.753.